The molecule has 1 heterocycles. The molecule has 1 unspecified atom stereocenters. The van der Waals surface area contributed by atoms with E-state index in [1.54, 1.807) is 6.92 Å². The molecule has 0 amide bonds. The molecule has 0 radical (unpaired) electrons. The minimum atomic E-state index is -1.07. The highest BCUT2D eigenvalue weighted by Gasteiger charge is 2.37. The Bertz CT molecular complexity index is 418. The number of allylic oxidation sites excluding steroid dienone is 3. The van der Waals surface area contributed by atoms with Crippen LogP contribution in [0.15, 0.2) is 36.0 Å². The van der Waals surface area contributed by atoms with Crippen LogP contribution in [-0.4, -0.2) is 39.8 Å². The number of ether oxygens (including phenoxy) is 1. The summed E-state index contributed by atoms with van der Waals surface area (Å²) in [5.41, 5.74) is 0.586. The fraction of sp³-hybridized carbons (Fsp3) is 0.562. The zero-order chi connectivity index (χ0) is 15.7. The minimum Gasteiger partial charge on any atom is -0.598 e. The summed E-state index contributed by atoms with van der Waals surface area (Å²) in [6.45, 7) is 6.66. The Hall–Kier alpha value is -1.04. The van der Waals surface area contributed by atoms with Crippen LogP contribution >= 0.6 is 0 Å². The molecular weight excluding hydrogens is 286 g/mol. The van der Waals surface area contributed by atoms with Crippen LogP contribution in [0.2, 0.25) is 0 Å². The number of hydrogen-bond acceptors (Lipinski definition) is 4. The maximum atomic E-state index is 12.4. The van der Waals surface area contributed by atoms with E-state index in [-0.39, 0.29) is 12.0 Å². The molecule has 0 bridgehead atoms. The number of carbonyl (C=O) groups excluding carboxylic acids is 1. The summed E-state index contributed by atoms with van der Waals surface area (Å²) in [6.07, 6.45) is 11.4. The molecule has 0 aliphatic carbocycles. The van der Waals surface area contributed by atoms with Gasteiger partial charge in [-0.15, -0.1) is 4.31 Å². The lowest BCUT2D eigenvalue weighted by molar-refractivity contribution is -0.138. The van der Waals surface area contributed by atoms with Gasteiger partial charge in [0.2, 0.25) is 0 Å². The molecular formula is C16H25NO3S. The van der Waals surface area contributed by atoms with Crippen molar-refractivity contribution in [1.82, 2.24) is 4.31 Å². The van der Waals surface area contributed by atoms with Crippen LogP contribution in [0.25, 0.3) is 0 Å². The standard InChI is InChI=1S/C16H25NO3S/c1-4-7-9-10-15-14(16(18)20-6-3)11-12-17(15)21(19)13-8-5-2/h4,7,9-11,15H,5-6,8,12-13H2,1-3H3/b7-4+,10-9+/t15-,21?/m0/s1. The smallest absolute Gasteiger partial charge is 0.335 e. The molecule has 0 spiro atoms. The van der Waals surface area contributed by atoms with Gasteiger partial charge in [0.15, 0.2) is 0 Å². The van der Waals surface area contributed by atoms with Gasteiger partial charge in [0.25, 0.3) is 0 Å². The van der Waals surface area contributed by atoms with Crippen molar-refractivity contribution in [2.24, 2.45) is 0 Å². The maximum absolute atomic E-state index is 12.4. The number of hydrogen-bond donors (Lipinski definition) is 0. The lowest BCUT2D eigenvalue weighted by Gasteiger charge is -2.25. The van der Waals surface area contributed by atoms with Gasteiger partial charge < -0.3 is 9.29 Å². The summed E-state index contributed by atoms with van der Waals surface area (Å²) < 4.78 is 19.3. The fourth-order valence-corrected chi connectivity index (χ4v) is 3.52. The molecule has 0 saturated heterocycles. The third-order valence-corrected chi connectivity index (χ3v) is 4.70. The van der Waals surface area contributed by atoms with Crippen molar-refractivity contribution in [3.05, 3.63) is 36.0 Å². The van der Waals surface area contributed by atoms with Crippen LogP contribution in [0.3, 0.4) is 0 Å². The van der Waals surface area contributed by atoms with E-state index in [2.05, 4.69) is 6.92 Å². The summed E-state index contributed by atoms with van der Waals surface area (Å²) in [5, 5.41) is 0. The van der Waals surface area contributed by atoms with Crippen LogP contribution in [-0.2, 0) is 20.9 Å². The molecule has 1 rings (SSSR count). The fourth-order valence-electron chi connectivity index (χ4n) is 2.07. The van der Waals surface area contributed by atoms with Crippen LogP contribution in [0.5, 0.6) is 0 Å². The Balaban J connectivity index is 2.83. The molecule has 21 heavy (non-hydrogen) atoms. The molecule has 0 fully saturated rings. The van der Waals surface area contributed by atoms with Crippen molar-refractivity contribution < 1.29 is 14.1 Å². The van der Waals surface area contributed by atoms with E-state index in [1.165, 1.54) is 0 Å². The van der Waals surface area contributed by atoms with E-state index < -0.39 is 11.4 Å². The van der Waals surface area contributed by atoms with E-state index in [0.29, 0.717) is 24.5 Å². The molecule has 0 aromatic carbocycles. The number of rotatable bonds is 8. The lowest BCUT2D eigenvalue weighted by atomic mass is 10.1. The molecule has 2 atom stereocenters. The molecule has 0 aromatic heterocycles. The Morgan fingerprint density at radius 3 is 2.90 bits per heavy atom. The monoisotopic (exact) mass is 311 g/mol. The van der Waals surface area contributed by atoms with Crippen LogP contribution in [0.4, 0.5) is 0 Å². The Kier molecular flexibility index (Phi) is 8.42. The normalized spacial score (nSPS) is 21.1. The summed E-state index contributed by atoms with van der Waals surface area (Å²) >= 11 is -1.07. The Morgan fingerprint density at radius 1 is 1.52 bits per heavy atom. The van der Waals surface area contributed by atoms with Gasteiger partial charge in [-0.25, -0.2) is 4.79 Å². The lowest BCUT2D eigenvalue weighted by Crippen LogP contribution is -2.39. The zero-order valence-electron chi connectivity index (χ0n) is 13.1. The summed E-state index contributed by atoms with van der Waals surface area (Å²) in [4.78, 5) is 12.0. The van der Waals surface area contributed by atoms with E-state index in [1.807, 2.05) is 41.6 Å². The maximum Gasteiger partial charge on any atom is 0.335 e. The second-order valence-electron chi connectivity index (χ2n) is 4.71. The highest BCUT2D eigenvalue weighted by Crippen LogP contribution is 2.25. The van der Waals surface area contributed by atoms with Gasteiger partial charge in [-0.1, -0.05) is 43.7 Å². The number of unbranched alkanes of at least 4 members (excludes halogenated alkanes) is 1. The first-order valence-corrected chi connectivity index (χ1v) is 8.75. The predicted octanol–water partition coefficient (Wildman–Crippen LogP) is 2.76. The third-order valence-electron chi connectivity index (χ3n) is 3.16. The van der Waals surface area contributed by atoms with Gasteiger partial charge in [-0.05, 0) is 20.3 Å². The van der Waals surface area contributed by atoms with E-state index in [9.17, 15) is 9.35 Å². The van der Waals surface area contributed by atoms with Crippen molar-refractivity contribution in [1.29, 1.82) is 0 Å². The molecule has 0 saturated carbocycles. The van der Waals surface area contributed by atoms with Crippen molar-refractivity contribution in [2.45, 2.75) is 39.7 Å². The third kappa shape index (κ3) is 5.34. The molecule has 1 aliphatic heterocycles. The van der Waals surface area contributed by atoms with Crippen LogP contribution in [0.1, 0.15) is 33.6 Å². The van der Waals surface area contributed by atoms with E-state index in [0.717, 1.165) is 12.8 Å². The quantitative estimate of drug-likeness (QED) is 0.393. The molecule has 1 aliphatic rings. The summed E-state index contributed by atoms with van der Waals surface area (Å²) in [6, 6.07) is -0.266. The first-order chi connectivity index (χ1) is 10.2. The molecule has 118 valence electrons. The minimum absolute atomic E-state index is 0.266. The second kappa shape index (κ2) is 9.82. The Labute approximate surface area is 130 Å². The van der Waals surface area contributed by atoms with E-state index >= 15 is 0 Å². The highest BCUT2D eigenvalue weighted by molar-refractivity contribution is 7.89. The SMILES string of the molecule is C/C=C/C=C/[C@H]1C(C(=O)OCC)=CCN1[S+]([O-])CCCC. The van der Waals surface area contributed by atoms with Gasteiger partial charge in [0.1, 0.15) is 11.8 Å². The highest BCUT2D eigenvalue weighted by atomic mass is 32.2. The van der Waals surface area contributed by atoms with Gasteiger partial charge in [-0.3, -0.25) is 0 Å². The van der Waals surface area contributed by atoms with Gasteiger partial charge in [0.05, 0.1) is 18.7 Å². The molecule has 0 N–H and O–H groups in total. The van der Waals surface area contributed by atoms with Crippen LogP contribution in [0, 0.1) is 0 Å². The number of nitrogens with zero attached hydrogens (tertiary/aromatic N) is 1. The number of esters is 1. The van der Waals surface area contributed by atoms with Crippen molar-refractivity contribution in [3.63, 3.8) is 0 Å². The zero-order valence-corrected chi connectivity index (χ0v) is 13.9. The van der Waals surface area contributed by atoms with Crippen LogP contribution < -0.4 is 0 Å². The Morgan fingerprint density at radius 2 is 2.29 bits per heavy atom. The van der Waals surface area contributed by atoms with Gasteiger partial charge >= 0.3 is 5.97 Å². The first kappa shape index (κ1) is 18.0. The average molecular weight is 311 g/mol. The van der Waals surface area contributed by atoms with E-state index in [4.69, 9.17) is 4.74 Å². The average Bonchev–Trinajstić information content (AvgIpc) is 2.89. The molecule has 0 aromatic rings. The van der Waals surface area contributed by atoms with Gasteiger partial charge in [-0.2, -0.15) is 0 Å². The second-order valence-corrected chi connectivity index (χ2v) is 6.23. The first-order valence-electron chi connectivity index (χ1n) is 7.47. The topological polar surface area (TPSA) is 52.6 Å². The molecule has 4 nitrogen and oxygen atoms in total. The van der Waals surface area contributed by atoms with Crippen molar-refractivity contribution in [2.75, 3.05) is 18.9 Å². The van der Waals surface area contributed by atoms with Crippen molar-refractivity contribution in [3.8, 4) is 0 Å². The predicted molar refractivity (Wildman–Crippen MR) is 87.1 cm³/mol. The largest absolute Gasteiger partial charge is 0.598 e. The van der Waals surface area contributed by atoms with Gasteiger partial charge in [0, 0.05) is 11.4 Å². The summed E-state index contributed by atoms with van der Waals surface area (Å²) in [5.74, 6) is 0.316. The summed E-state index contributed by atoms with van der Waals surface area (Å²) in [7, 11) is 0. The molecule has 5 heteroatoms. The van der Waals surface area contributed by atoms with Crippen molar-refractivity contribution >= 4 is 17.3 Å². The number of carbonyl (C=O) groups is 1.